The molecular weight excluding hydrogens is 463 g/mol. The van der Waals surface area contributed by atoms with Gasteiger partial charge in [-0.1, -0.05) is 30.3 Å². The lowest BCUT2D eigenvalue weighted by Crippen LogP contribution is -2.52. The molecule has 1 N–H and O–H groups in total. The predicted octanol–water partition coefficient (Wildman–Crippen LogP) is 2.59. The second-order valence-electron chi connectivity index (χ2n) is 7.25. The zero-order chi connectivity index (χ0) is 19.2. The van der Waals surface area contributed by atoms with Crippen LogP contribution in [-0.2, 0) is 20.0 Å². The first kappa shape index (κ1) is 22.7. The Morgan fingerprint density at radius 2 is 1.79 bits per heavy atom. The molecule has 154 valence electrons. The molecule has 6 nitrogen and oxygen atoms in total. The highest BCUT2D eigenvalue weighted by molar-refractivity contribution is 14.0. The molecule has 7 heteroatoms. The molecule has 0 saturated carbocycles. The van der Waals surface area contributed by atoms with Gasteiger partial charge in [0.05, 0.1) is 5.69 Å². The number of nitrogens with one attached hydrogen (secondary N) is 1. The molecule has 1 aliphatic rings. The van der Waals surface area contributed by atoms with Crippen molar-refractivity contribution in [3.05, 3.63) is 52.8 Å². The smallest absolute Gasteiger partial charge is 0.193 e. The van der Waals surface area contributed by atoms with Crippen LogP contribution in [0.2, 0.25) is 0 Å². The monoisotopic (exact) mass is 496 g/mol. The van der Waals surface area contributed by atoms with E-state index in [2.05, 4.69) is 69.4 Å². The molecule has 0 radical (unpaired) electrons. The van der Waals surface area contributed by atoms with Crippen molar-refractivity contribution in [2.75, 3.05) is 39.8 Å². The number of rotatable bonds is 5. The normalized spacial score (nSPS) is 15.4. The van der Waals surface area contributed by atoms with E-state index in [0.717, 1.165) is 57.3 Å². The number of guanidine groups is 1. The third kappa shape index (κ3) is 5.70. The first-order valence-corrected chi connectivity index (χ1v) is 9.79. The van der Waals surface area contributed by atoms with E-state index in [4.69, 9.17) is 0 Å². The molecule has 0 unspecified atom stereocenters. The quantitative estimate of drug-likeness (QED) is 0.393. The second-order valence-corrected chi connectivity index (χ2v) is 7.25. The minimum absolute atomic E-state index is 0. The Balaban J connectivity index is 0.00000280. The Kier molecular flexibility index (Phi) is 8.75. The maximum Gasteiger partial charge on any atom is 0.193 e. The lowest BCUT2D eigenvalue weighted by atomic mass is 10.1. The Hall–Kier alpha value is -1.61. The van der Waals surface area contributed by atoms with Gasteiger partial charge in [0.1, 0.15) is 0 Å². The van der Waals surface area contributed by atoms with Crippen LogP contribution in [0.4, 0.5) is 0 Å². The summed E-state index contributed by atoms with van der Waals surface area (Å²) in [4.78, 5) is 9.37. The standard InChI is InChI=1S/C21H32N6.HI/c1-17-20(18(2)25(4)24-17)10-11-23-21(22-3)27-14-12-26(13-15-27)16-19-8-6-5-7-9-19;/h5-9H,10-16H2,1-4H3,(H,22,23);1H. The zero-order valence-corrected chi connectivity index (χ0v) is 19.8. The van der Waals surface area contributed by atoms with Crippen LogP contribution < -0.4 is 5.32 Å². The van der Waals surface area contributed by atoms with E-state index < -0.39 is 0 Å². The van der Waals surface area contributed by atoms with Crippen LogP contribution in [0.5, 0.6) is 0 Å². The largest absolute Gasteiger partial charge is 0.356 e. The number of hydrogen-bond donors (Lipinski definition) is 1. The first-order valence-electron chi connectivity index (χ1n) is 9.79. The van der Waals surface area contributed by atoms with Gasteiger partial charge in [0, 0.05) is 59.1 Å². The van der Waals surface area contributed by atoms with Crippen molar-refractivity contribution in [3.8, 4) is 0 Å². The molecule has 0 atom stereocenters. The third-order valence-corrected chi connectivity index (χ3v) is 5.45. The third-order valence-electron chi connectivity index (χ3n) is 5.45. The number of halogens is 1. The fraction of sp³-hybridized carbons (Fsp3) is 0.524. The van der Waals surface area contributed by atoms with Gasteiger partial charge in [0.2, 0.25) is 0 Å². The van der Waals surface area contributed by atoms with E-state index in [1.807, 2.05) is 18.8 Å². The summed E-state index contributed by atoms with van der Waals surface area (Å²) >= 11 is 0. The Labute approximate surface area is 186 Å². The molecule has 1 saturated heterocycles. The summed E-state index contributed by atoms with van der Waals surface area (Å²) in [5.41, 5.74) is 5.10. The number of piperazine rings is 1. The molecule has 1 fully saturated rings. The van der Waals surface area contributed by atoms with Gasteiger partial charge in [-0.3, -0.25) is 14.6 Å². The van der Waals surface area contributed by atoms with E-state index in [0.29, 0.717) is 0 Å². The van der Waals surface area contributed by atoms with Gasteiger partial charge >= 0.3 is 0 Å². The van der Waals surface area contributed by atoms with Crippen molar-refractivity contribution in [2.24, 2.45) is 12.0 Å². The summed E-state index contributed by atoms with van der Waals surface area (Å²) in [5, 5.41) is 8.04. The number of aryl methyl sites for hydroxylation is 2. The average molecular weight is 496 g/mol. The lowest BCUT2D eigenvalue weighted by Gasteiger charge is -2.36. The van der Waals surface area contributed by atoms with Gasteiger partial charge in [-0.2, -0.15) is 5.10 Å². The summed E-state index contributed by atoms with van der Waals surface area (Å²) in [6, 6.07) is 10.7. The SMILES string of the molecule is CN=C(NCCc1c(C)nn(C)c1C)N1CCN(Cc2ccccc2)CC1.I. The summed E-state index contributed by atoms with van der Waals surface area (Å²) in [5.74, 6) is 1.01. The number of aliphatic imine (C=N–C) groups is 1. The first-order chi connectivity index (χ1) is 13.1. The van der Waals surface area contributed by atoms with Crippen molar-refractivity contribution in [1.82, 2.24) is 24.9 Å². The van der Waals surface area contributed by atoms with Crippen LogP contribution in [0.3, 0.4) is 0 Å². The Morgan fingerprint density at radius 1 is 1.11 bits per heavy atom. The average Bonchev–Trinajstić information content (AvgIpc) is 2.93. The van der Waals surface area contributed by atoms with Gasteiger partial charge in [-0.25, -0.2) is 0 Å². The topological polar surface area (TPSA) is 48.7 Å². The van der Waals surface area contributed by atoms with Gasteiger partial charge in [0.25, 0.3) is 0 Å². The molecule has 1 aromatic carbocycles. The molecular formula is C21H33IN6. The Bertz CT molecular complexity index is 763. The number of nitrogens with zero attached hydrogens (tertiary/aromatic N) is 5. The maximum atomic E-state index is 4.50. The van der Waals surface area contributed by atoms with E-state index in [1.54, 1.807) is 0 Å². The molecule has 3 rings (SSSR count). The fourth-order valence-electron chi connectivity index (χ4n) is 3.77. The van der Waals surface area contributed by atoms with E-state index in [-0.39, 0.29) is 24.0 Å². The highest BCUT2D eigenvalue weighted by atomic mass is 127. The van der Waals surface area contributed by atoms with E-state index in [9.17, 15) is 0 Å². The lowest BCUT2D eigenvalue weighted by molar-refractivity contribution is 0.172. The van der Waals surface area contributed by atoms with Crippen molar-refractivity contribution in [1.29, 1.82) is 0 Å². The summed E-state index contributed by atoms with van der Waals surface area (Å²) < 4.78 is 1.96. The van der Waals surface area contributed by atoms with Crippen LogP contribution in [0.15, 0.2) is 35.3 Å². The summed E-state index contributed by atoms with van der Waals surface area (Å²) in [7, 11) is 3.88. The van der Waals surface area contributed by atoms with Gasteiger partial charge in [0.15, 0.2) is 5.96 Å². The van der Waals surface area contributed by atoms with Crippen molar-refractivity contribution in [2.45, 2.75) is 26.8 Å². The predicted molar refractivity (Wildman–Crippen MR) is 126 cm³/mol. The summed E-state index contributed by atoms with van der Waals surface area (Å²) in [6.07, 6.45) is 0.971. The van der Waals surface area contributed by atoms with Crippen LogP contribution in [0.25, 0.3) is 0 Å². The molecule has 0 bridgehead atoms. The highest BCUT2D eigenvalue weighted by Crippen LogP contribution is 2.12. The van der Waals surface area contributed by atoms with Gasteiger partial charge in [-0.15, -0.1) is 24.0 Å². The molecule has 0 spiro atoms. The molecule has 0 aliphatic carbocycles. The molecule has 28 heavy (non-hydrogen) atoms. The second kappa shape index (κ2) is 10.8. The van der Waals surface area contributed by atoms with Gasteiger partial charge < -0.3 is 10.2 Å². The van der Waals surface area contributed by atoms with Crippen molar-refractivity contribution >= 4 is 29.9 Å². The highest BCUT2D eigenvalue weighted by Gasteiger charge is 2.19. The van der Waals surface area contributed by atoms with E-state index >= 15 is 0 Å². The maximum absolute atomic E-state index is 4.50. The molecule has 0 amide bonds. The van der Waals surface area contributed by atoms with Crippen LogP contribution in [0.1, 0.15) is 22.5 Å². The minimum atomic E-state index is 0. The van der Waals surface area contributed by atoms with Crippen LogP contribution in [0, 0.1) is 13.8 Å². The summed E-state index contributed by atoms with van der Waals surface area (Å²) in [6.45, 7) is 10.3. The van der Waals surface area contributed by atoms with Crippen LogP contribution >= 0.6 is 24.0 Å². The van der Waals surface area contributed by atoms with Gasteiger partial charge in [-0.05, 0) is 31.4 Å². The number of benzene rings is 1. The molecule has 2 heterocycles. The van der Waals surface area contributed by atoms with Crippen molar-refractivity contribution < 1.29 is 0 Å². The number of aromatic nitrogens is 2. The Morgan fingerprint density at radius 3 is 2.36 bits per heavy atom. The minimum Gasteiger partial charge on any atom is -0.356 e. The molecule has 1 aliphatic heterocycles. The molecule has 2 aromatic rings. The van der Waals surface area contributed by atoms with E-state index in [1.165, 1.54) is 16.8 Å². The zero-order valence-electron chi connectivity index (χ0n) is 17.5. The van der Waals surface area contributed by atoms with Crippen molar-refractivity contribution in [3.63, 3.8) is 0 Å². The molecule has 1 aromatic heterocycles. The fourth-order valence-corrected chi connectivity index (χ4v) is 3.77. The number of hydrogen-bond acceptors (Lipinski definition) is 3. The van der Waals surface area contributed by atoms with Crippen LogP contribution in [-0.4, -0.2) is 65.3 Å².